The van der Waals surface area contributed by atoms with Crippen LogP contribution in [0.4, 0.5) is 11.4 Å². The molecule has 0 radical (unpaired) electrons. The number of nitrogens with zero attached hydrogens (tertiary/aromatic N) is 2. The molecule has 1 N–H and O–H groups in total. The van der Waals surface area contributed by atoms with E-state index in [0.717, 1.165) is 11.3 Å². The van der Waals surface area contributed by atoms with Gasteiger partial charge in [-0.05, 0) is 30.7 Å². The summed E-state index contributed by atoms with van der Waals surface area (Å²) in [5, 5.41) is 14.8. The van der Waals surface area contributed by atoms with Crippen molar-refractivity contribution >= 4 is 23.1 Å². The van der Waals surface area contributed by atoms with Crippen LogP contribution in [0.3, 0.4) is 0 Å². The molecule has 0 aliphatic rings. The van der Waals surface area contributed by atoms with Gasteiger partial charge in [0.25, 0.3) is 5.69 Å². The first-order valence-electron chi connectivity index (χ1n) is 7.21. The molecular formula is C17H17N3O4. The Morgan fingerprint density at radius 1 is 1.21 bits per heavy atom. The van der Waals surface area contributed by atoms with E-state index < -0.39 is 4.92 Å². The third-order valence-electron chi connectivity index (χ3n) is 3.32. The lowest BCUT2D eigenvalue weighted by Crippen LogP contribution is -2.09. The maximum atomic E-state index is 11.7. The van der Waals surface area contributed by atoms with Gasteiger partial charge in [-0.1, -0.05) is 18.2 Å². The number of hydrogen-bond donors (Lipinski definition) is 1. The number of rotatable bonds is 6. The summed E-state index contributed by atoms with van der Waals surface area (Å²) in [6.07, 6.45) is 0.477. The number of hydrogen-bond acceptors (Lipinski definition) is 6. The summed E-state index contributed by atoms with van der Waals surface area (Å²) in [5.74, 6) is -0.387. The minimum Gasteiger partial charge on any atom is -0.465 e. The van der Waals surface area contributed by atoms with Crippen LogP contribution in [-0.4, -0.2) is 23.7 Å². The molecule has 0 saturated heterocycles. The Morgan fingerprint density at radius 3 is 2.50 bits per heavy atom. The van der Waals surface area contributed by atoms with Crippen LogP contribution in [0.25, 0.3) is 0 Å². The molecule has 0 fully saturated rings. The molecule has 0 aromatic heterocycles. The number of non-ortho nitro benzene ring substituents is 1. The Bertz CT molecular complexity index is 770. The van der Waals surface area contributed by atoms with E-state index in [0.29, 0.717) is 17.7 Å². The first-order chi connectivity index (χ1) is 11.5. The Kier molecular flexibility index (Phi) is 5.62. The molecule has 0 heterocycles. The second kappa shape index (κ2) is 7.87. The molecule has 0 amide bonds. The molecule has 0 bridgehead atoms. The first kappa shape index (κ1) is 17.1. The number of ether oxygens (including phenoxy) is 1. The fourth-order valence-electron chi connectivity index (χ4n) is 2.12. The Hall–Kier alpha value is -3.22. The van der Waals surface area contributed by atoms with Crippen molar-refractivity contribution in [2.45, 2.75) is 13.3 Å². The summed E-state index contributed by atoms with van der Waals surface area (Å²) in [6.45, 7) is 1.83. The number of nitrogens with one attached hydrogen (secondary N) is 1. The minimum absolute atomic E-state index is 0.0215. The zero-order valence-electron chi connectivity index (χ0n) is 13.4. The number of nitro groups is 1. The van der Waals surface area contributed by atoms with E-state index in [2.05, 4.69) is 10.5 Å². The van der Waals surface area contributed by atoms with Gasteiger partial charge in [-0.25, -0.2) is 4.79 Å². The van der Waals surface area contributed by atoms with Gasteiger partial charge in [-0.15, -0.1) is 0 Å². The van der Waals surface area contributed by atoms with Gasteiger partial charge in [-0.3, -0.25) is 15.5 Å². The molecule has 0 aliphatic carbocycles. The molecule has 2 aromatic rings. The molecule has 124 valence electrons. The van der Waals surface area contributed by atoms with Crippen molar-refractivity contribution in [3.8, 4) is 0 Å². The monoisotopic (exact) mass is 327 g/mol. The summed E-state index contributed by atoms with van der Waals surface area (Å²) < 4.78 is 4.77. The molecule has 2 rings (SSSR count). The van der Waals surface area contributed by atoms with Crippen LogP contribution < -0.4 is 5.43 Å². The standard InChI is InChI=1S/C17H17N3O4/c1-12(11-13-5-3-4-6-16(13)17(21)24-2)18-19-14-7-9-15(10-8-14)20(22)23/h3-10,19H,11H2,1-2H3. The van der Waals surface area contributed by atoms with E-state index in [1.807, 2.05) is 19.1 Å². The maximum Gasteiger partial charge on any atom is 0.338 e. The van der Waals surface area contributed by atoms with E-state index >= 15 is 0 Å². The predicted octanol–water partition coefficient (Wildman–Crippen LogP) is 3.41. The van der Waals surface area contributed by atoms with Crippen molar-refractivity contribution in [3.05, 3.63) is 69.8 Å². The van der Waals surface area contributed by atoms with Gasteiger partial charge >= 0.3 is 5.97 Å². The average Bonchev–Trinajstić information content (AvgIpc) is 2.60. The topological polar surface area (TPSA) is 93.8 Å². The molecule has 0 saturated carbocycles. The van der Waals surface area contributed by atoms with E-state index in [9.17, 15) is 14.9 Å². The average molecular weight is 327 g/mol. The van der Waals surface area contributed by atoms with Gasteiger partial charge in [-0.2, -0.15) is 5.10 Å². The summed E-state index contributed by atoms with van der Waals surface area (Å²) in [7, 11) is 1.34. The van der Waals surface area contributed by atoms with Gasteiger partial charge in [0, 0.05) is 24.3 Å². The minimum atomic E-state index is -0.456. The normalized spacial score (nSPS) is 11.0. The highest BCUT2D eigenvalue weighted by atomic mass is 16.6. The van der Waals surface area contributed by atoms with Crippen molar-refractivity contribution in [1.82, 2.24) is 0 Å². The third kappa shape index (κ3) is 4.39. The number of carbonyl (C=O) groups excluding carboxylic acids is 1. The number of hydrazone groups is 1. The second-order valence-electron chi connectivity index (χ2n) is 5.09. The lowest BCUT2D eigenvalue weighted by atomic mass is 10.0. The van der Waals surface area contributed by atoms with Crippen LogP contribution in [-0.2, 0) is 11.2 Å². The van der Waals surface area contributed by atoms with Gasteiger partial charge in [0.1, 0.15) is 0 Å². The Balaban J connectivity index is 2.07. The molecule has 0 atom stereocenters. The van der Waals surface area contributed by atoms with Crippen LogP contribution in [0.1, 0.15) is 22.8 Å². The van der Waals surface area contributed by atoms with Crippen molar-refractivity contribution in [1.29, 1.82) is 0 Å². The lowest BCUT2D eigenvalue weighted by Gasteiger charge is -2.08. The molecule has 7 heteroatoms. The zero-order valence-corrected chi connectivity index (χ0v) is 13.4. The van der Waals surface area contributed by atoms with Crippen LogP contribution in [0.15, 0.2) is 53.6 Å². The highest BCUT2D eigenvalue weighted by Gasteiger charge is 2.11. The summed E-state index contributed by atoms with van der Waals surface area (Å²) in [4.78, 5) is 21.9. The van der Waals surface area contributed by atoms with Crippen molar-refractivity contribution in [2.24, 2.45) is 5.10 Å². The highest BCUT2D eigenvalue weighted by molar-refractivity contribution is 5.94. The third-order valence-corrected chi connectivity index (χ3v) is 3.32. The Morgan fingerprint density at radius 2 is 1.88 bits per heavy atom. The number of benzene rings is 2. The number of anilines is 1. The van der Waals surface area contributed by atoms with Crippen molar-refractivity contribution in [2.75, 3.05) is 12.5 Å². The lowest BCUT2D eigenvalue weighted by molar-refractivity contribution is -0.384. The van der Waals surface area contributed by atoms with E-state index in [4.69, 9.17) is 4.74 Å². The van der Waals surface area contributed by atoms with Crippen molar-refractivity contribution in [3.63, 3.8) is 0 Å². The second-order valence-corrected chi connectivity index (χ2v) is 5.09. The van der Waals surface area contributed by atoms with Gasteiger partial charge in [0.2, 0.25) is 0 Å². The Labute approximate surface area is 139 Å². The van der Waals surface area contributed by atoms with Crippen molar-refractivity contribution < 1.29 is 14.5 Å². The van der Waals surface area contributed by atoms with Gasteiger partial charge in [0.15, 0.2) is 0 Å². The maximum absolute atomic E-state index is 11.7. The van der Waals surface area contributed by atoms with Crippen LogP contribution >= 0.6 is 0 Å². The summed E-state index contributed by atoms with van der Waals surface area (Å²) in [6, 6.07) is 13.1. The molecule has 0 spiro atoms. The number of methoxy groups -OCH3 is 1. The van der Waals surface area contributed by atoms with E-state index in [1.54, 1.807) is 24.3 Å². The number of carbonyl (C=O) groups is 1. The molecule has 7 nitrogen and oxygen atoms in total. The molecule has 0 unspecified atom stereocenters. The molecular weight excluding hydrogens is 310 g/mol. The predicted molar refractivity (Wildman–Crippen MR) is 91.3 cm³/mol. The molecule has 24 heavy (non-hydrogen) atoms. The highest BCUT2D eigenvalue weighted by Crippen LogP contribution is 2.16. The van der Waals surface area contributed by atoms with Crippen LogP contribution in [0, 0.1) is 10.1 Å². The number of esters is 1. The largest absolute Gasteiger partial charge is 0.465 e. The zero-order chi connectivity index (χ0) is 17.5. The first-order valence-corrected chi connectivity index (χ1v) is 7.21. The van der Waals surface area contributed by atoms with Crippen LogP contribution in [0.2, 0.25) is 0 Å². The van der Waals surface area contributed by atoms with Gasteiger partial charge in [0.05, 0.1) is 23.3 Å². The number of nitro benzene ring substituents is 1. The smallest absolute Gasteiger partial charge is 0.338 e. The van der Waals surface area contributed by atoms with E-state index in [1.165, 1.54) is 19.2 Å². The van der Waals surface area contributed by atoms with Crippen LogP contribution in [0.5, 0.6) is 0 Å². The SMILES string of the molecule is COC(=O)c1ccccc1CC(C)=NNc1ccc([N+](=O)[O-])cc1. The van der Waals surface area contributed by atoms with E-state index in [-0.39, 0.29) is 11.7 Å². The fourth-order valence-corrected chi connectivity index (χ4v) is 2.12. The quantitative estimate of drug-likeness (QED) is 0.380. The summed E-state index contributed by atoms with van der Waals surface area (Å²) >= 11 is 0. The fraction of sp³-hybridized carbons (Fsp3) is 0.176. The molecule has 0 aliphatic heterocycles. The van der Waals surface area contributed by atoms with Gasteiger partial charge < -0.3 is 4.74 Å². The molecule has 2 aromatic carbocycles. The summed E-state index contributed by atoms with van der Waals surface area (Å²) in [5.41, 5.74) is 5.58.